The molecule has 2 aromatic rings. The summed E-state index contributed by atoms with van der Waals surface area (Å²) in [6.45, 7) is 0. The van der Waals surface area contributed by atoms with Crippen LogP contribution in [0.4, 0.5) is 8.78 Å². The van der Waals surface area contributed by atoms with E-state index >= 15 is 0 Å². The lowest BCUT2D eigenvalue weighted by molar-refractivity contribution is 0.474. The van der Waals surface area contributed by atoms with Crippen molar-refractivity contribution in [3.8, 4) is 11.5 Å². The molecule has 2 aromatic carbocycles. The van der Waals surface area contributed by atoms with Crippen LogP contribution in [0.3, 0.4) is 0 Å². The molecular weight excluding hydrogens is 281 g/mol. The zero-order valence-electron chi connectivity index (χ0n) is 9.09. The first kappa shape index (κ1) is 13.1. The molecule has 0 aliphatic carbocycles. The van der Waals surface area contributed by atoms with Crippen LogP contribution in [-0.4, -0.2) is 0 Å². The Morgan fingerprint density at radius 2 is 1.78 bits per heavy atom. The molecule has 0 aliphatic rings. The Morgan fingerprint density at radius 1 is 1.00 bits per heavy atom. The Labute approximate surface area is 113 Å². The number of ether oxygens (including phenoxy) is 1. The Hall–Kier alpha value is -1.32. The summed E-state index contributed by atoms with van der Waals surface area (Å²) in [5.74, 6) is -0.194. The molecule has 0 radical (unpaired) electrons. The first-order chi connectivity index (χ1) is 8.58. The van der Waals surface area contributed by atoms with Crippen LogP contribution >= 0.6 is 23.2 Å². The molecule has 0 bridgehead atoms. The van der Waals surface area contributed by atoms with Gasteiger partial charge in [-0.25, -0.2) is 8.78 Å². The first-order valence-corrected chi connectivity index (χ1v) is 5.98. The zero-order valence-corrected chi connectivity index (χ0v) is 10.6. The van der Waals surface area contributed by atoms with E-state index in [0.29, 0.717) is 11.3 Å². The second-order valence-corrected chi connectivity index (χ2v) is 4.28. The van der Waals surface area contributed by atoms with Gasteiger partial charge in [0.1, 0.15) is 23.1 Å². The average Bonchev–Trinajstić information content (AvgIpc) is 2.33. The molecule has 0 N–H and O–H groups in total. The summed E-state index contributed by atoms with van der Waals surface area (Å²) >= 11 is 11.2. The predicted octanol–water partition coefficient (Wildman–Crippen LogP) is 5.15. The molecule has 0 aliphatic heterocycles. The Balaban J connectivity index is 2.27. The standard InChI is InChI=1S/C13H8Cl2F2O/c14-7-8-3-9(16)5-11(4-8)18-10-1-2-13(17)12(15)6-10/h1-6H,7H2. The molecule has 0 fully saturated rings. The van der Waals surface area contributed by atoms with E-state index in [1.807, 2.05) is 0 Å². The van der Waals surface area contributed by atoms with Crippen LogP contribution in [0.5, 0.6) is 11.5 Å². The molecule has 0 aromatic heterocycles. The topological polar surface area (TPSA) is 9.23 Å². The van der Waals surface area contributed by atoms with E-state index in [1.165, 1.54) is 30.3 Å². The summed E-state index contributed by atoms with van der Waals surface area (Å²) in [5.41, 5.74) is 0.597. The second-order valence-electron chi connectivity index (χ2n) is 3.61. The van der Waals surface area contributed by atoms with E-state index in [0.717, 1.165) is 0 Å². The monoisotopic (exact) mass is 288 g/mol. The highest BCUT2D eigenvalue weighted by atomic mass is 35.5. The highest BCUT2D eigenvalue weighted by molar-refractivity contribution is 6.30. The Kier molecular flexibility index (Phi) is 4.04. The van der Waals surface area contributed by atoms with Crippen molar-refractivity contribution >= 4 is 23.2 Å². The summed E-state index contributed by atoms with van der Waals surface area (Å²) in [5, 5.41) is -0.0542. The van der Waals surface area contributed by atoms with E-state index in [1.54, 1.807) is 6.07 Å². The van der Waals surface area contributed by atoms with Crippen molar-refractivity contribution in [1.82, 2.24) is 0 Å². The number of alkyl halides is 1. The minimum Gasteiger partial charge on any atom is -0.457 e. The van der Waals surface area contributed by atoms with Crippen LogP contribution in [-0.2, 0) is 5.88 Å². The fourth-order valence-electron chi connectivity index (χ4n) is 1.43. The first-order valence-electron chi connectivity index (χ1n) is 5.07. The third-order valence-corrected chi connectivity index (χ3v) is 2.81. The average molecular weight is 289 g/mol. The van der Waals surface area contributed by atoms with Gasteiger partial charge >= 0.3 is 0 Å². The molecule has 0 unspecified atom stereocenters. The highest BCUT2D eigenvalue weighted by Crippen LogP contribution is 2.27. The maximum absolute atomic E-state index is 13.2. The van der Waals surface area contributed by atoms with Gasteiger partial charge < -0.3 is 4.74 Å². The zero-order chi connectivity index (χ0) is 13.1. The van der Waals surface area contributed by atoms with E-state index in [-0.39, 0.29) is 16.7 Å². The summed E-state index contributed by atoms with van der Waals surface area (Å²) < 4.78 is 31.6. The number of benzene rings is 2. The maximum atomic E-state index is 13.2. The normalized spacial score (nSPS) is 10.4. The van der Waals surface area contributed by atoms with Gasteiger partial charge in [0.2, 0.25) is 0 Å². The van der Waals surface area contributed by atoms with Gasteiger partial charge in [0.05, 0.1) is 5.02 Å². The van der Waals surface area contributed by atoms with E-state index in [4.69, 9.17) is 27.9 Å². The molecule has 18 heavy (non-hydrogen) atoms. The van der Waals surface area contributed by atoms with Crippen molar-refractivity contribution in [2.45, 2.75) is 5.88 Å². The van der Waals surface area contributed by atoms with Gasteiger partial charge in [-0.05, 0) is 29.8 Å². The minimum atomic E-state index is -0.537. The summed E-state index contributed by atoms with van der Waals surface area (Å²) in [7, 11) is 0. The fraction of sp³-hybridized carbons (Fsp3) is 0.0769. The lowest BCUT2D eigenvalue weighted by atomic mass is 10.2. The molecule has 2 rings (SSSR count). The van der Waals surface area contributed by atoms with Gasteiger partial charge in [0, 0.05) is 18.0 Å². The van der Waals surface area contributed by atoms with Crippen LogP contribution in [0.25, 0.3) is 0 Å². The number of hydrogen-bond donors (Lipinski definition) is 0. The molecule has 0 saturated carbocycles. The SMILES string of the molecule is Fc1cc(CCl)cc(Oc2ccc(F)c(Cl)c2)c1. The fourth-order valence-corrected chi connectivity index (χ4v) is 1.76. The van der Waals surface area contributed by atoms with Gasteiger partial charge in [-0.2, -0.15) is 0 Å². The molecule has 0 amide bonds. The van der Waals surface area contributed by atoms with Crippen molar-refractivity contribution in [3.63, 3.8) is 0 Å². The van der Waals surface area contributed by atoms with Gasteiger partial charge in [0.25, 0.3) is 0 Å². The molecular formula is C13H8Cl2F2O. The summed E-state index contributed by atoms with van der Waals surface area (Å²) in [6, 6.07) is 8.05. The highest BCUT2D eigenvalue weighted by Gasteiger charge is 2.05. The molecule has 1 nitrogen and oxygen atoms in total. The molecule has 0 saturated heterocycles. The van der Waals surface area contributed by atoms with Crippen molar-refractivity contribution in [2.24, 2.45) is 0 Å². The molecule has 94 valence electrons. The van der Waals surface area contributed by atoms with Crippen LogP contribution in [0.15, 0.2) is 36.4 Å². The van der Waals surface area contributed by atoms with Crippen LogP contribution in [0.1, 0.15) is 5.56 Å². The van der Waals surface area contributed by atoms with Gasteiger partial charge in [0.15, 0.2) is 0 Å². The lowest BCUT2D eigenvalue weighted by Gasteiger charge is -2.08. The van der Waals surface area contributed by atoms with Gasteiger partial charge in [-0.15, -0.1) is 11.6 Å². The number of halogens is 4. The largest absolute Gasteiger partial charge is 0.457 e. The van der Waals surface area contributed by atoms with Crippen molar-refractivity contribution in [1.29, 1.82) is 0 Å². The smallest absolute Gasteiger partial charge is 0.142 e. The Bertz CT molecular complexity index is 573. The van der Waals surface area contributed by atoms with Gasteiger partial charge in [-0.3, -0.25) is 0 Å². The molecule has 0 heterocycles. The maximum Gasteiger partial charge on any atom is 0.142 e. The second kappa shape index (κ2) is 5.55. The van der Waals surface area contributed by atoms with Crippen LogP contribution in [0.2, 0.25) is 5.02 Å². The third-order valence-electron chi connectivity index (χ3n) is 2.21. The summed E-state index contributed by atoms with van der Waals surface area (Å²) in [4.78, 5) is 0. The van der Waals surface area contributed by atoms with Crippen LogP contribution < -0.4 is 4.74 Å². The molecule has 0 atom stereocenters. The minimum absolute atomic E-state index is 0.0542. The molecule has 5 heteroatoms. The lowest BCUT2D eigenvalue weighted by Crippen LogP contribution is -1.89. The van der Waals surface area contributed by atoms with Crippen molar-refractivity contribution < 1.29 is 13.5 Å². The molecule has 0 spiro atoms. The number of hydrogen-bond acceptors (Lipinski definition) is 1. The quantitative estimate of drug-likeness (QED) is 0.710. The van der Waals surface area contributed by atoms with E-state index < -0.39 is 11.6 Å². The third kappa shape index (κ3) is 3.12. The summed E-state index contributed by atoms with van der Waals surface area (Å²) in [6.07, 6.45) is 0. The van der Waals surface area contributed by atoms with E-state index in [2.05, 4.69) is 0 Å². The van der Waals surface area contributed by atoms with E-state index in [9.17, 15) is 8.78 Å². The van der Waals surface area contributed by atoms with Gasteiger partial charge in [-0.1, -0.05) is 11.6 Å². The van der Waals surface area contributed by atoms with Crippen LogP contribution in [0, 0.1) is 11.6 Å². The number of rotatable bonds is 3. The van der Waals surface area contributed by atoms with Crippen molar-refractivity contribution in [3.05, 3.63) is 58.6 Å². The predicted molar refractivity (Wildman–Crippen MR) is 67.4 cm³/mol. The Morgan fingerprint density at radius 3 is 2.44 bits per heavy atom. The van der Waals surface area contributed by atoms with Crippen molar-refractivity contribution in [2.75, 3.05) is 0 Å².